The molecule has 3 aromatic rings. The van der Waals surface area contributed by atoms with Gasteiger partial charge in [0.15, 0.2) is 0 Å². The summed E-state index contributed by atoms with van der Waals surface area (Å²) in [5.41, 5.74) is 6.92. The maximum absolute atomic E-state index is 9.53. The van der Waals surface area contributed by atoms with Crippen molar-refractivity contribution in [3.63, 3.8) is 0 Å². The molecule has 0 bridgehead atoms. The van der Waals surface area contributed by atoms with Gasteiger partial charge in [-0.25, -0.2) is 9.97 Å². The molecule has 3 heterocycles. The van der Waals surface area contributed by atoms with E-state index in [4.69, 9.17) is 9.72 Å². The lowest BCUT2D eigenvalue weighted by molar-refractivity contribution is 0.241. The van der Waals surface area contributed by atoms with E-state index in [1.807, 2.05) is 46.8 Å². The maximum Gasteiger partial charge on any atom is 0.222 e. The second kappa shape index (κ2) is 9.20. The molecule has 1 atom stereocenters. The number of ether oxygens (including phenoxy) is 1. The molecule has 1 N–H and O–H groups in total. The van der Waals surface area contributed by atoms with Gasteiger partial charge in [-0.2, -0.15) is 0 Å². The molecule has 0 aliphatic rings. The number of aliphatic hydroxyl groups excluding tert-OH is 1. The fourth-order valence-corrected chi connectivity index (χ4v) is 3.26. The molecule has 3 rings (SSSR count). The van der Waals surface area contributed by atoms with Crippen LogP contribution in [-0.2, 0) is 0 Å². The Morgan fingerprint density at radius 1 is 1.07 bits per heavy atom. The Balaban J connectivity index is 0.00000136. The minimum absolute atomic E-state index is 0.0137. The Morgan fingerprint density at radius 3 is 2.32 bits per heavy atom. The van der Waals surface area contributed by atoms with Gasteiger partial charge in [0.05, 0.1) is 42.0 Å². The number of fused-ring (bicyclic) bond motifs is 1. The first-order chi connectivity index (χ1) is 13.4. The second-order valence-corrected chi connectivity index (χ2v) is 7.22. The first kappa shape index (κ1) is 21.9. The summed E-state index contributed by atoms with van der Waals surface area (Å²) in [4.78, 5) is 9.60. The molecule has 0 aliphatic heterocycles. The minimum atomic E-state index is 0.0137. The number of rotatable bonds is 5. The number of aliphatic hydroxyl groups is 1. The number of hydrogen-bond acceptors (Lipinski definition) is 4. The van der Waals surface area contributed by atoms with Crippen LogP contribution >= 0.6 is 0 Å². The molecule has 0 radical (unpaired) electrons. The van der Waals surface area contributed by atoms with Crippen molar-refractivity contribution in [1.29, 1.82) is 0 Å². The van der Waals surface area contributed by atoms with Gasteiger partial charge >= 0.3 is 0 Å². The number of hydrogen-bond donors (Lipinski definition) is 1. The van der Waals surface area contributed by atoms with E-state index in [9.17, 15) is 5.11 Å². The van der Waals surface area contributed by atoms with Crippen molar-refractivity contribution in [2.24, 2.45) is 0 Å². The molecule has 152 valence electrons. The topological polar surface area (TPSA) is 60.2 Å². The molecule has 0 amide bonds. The predicted molar refractivity (Wildman–Crippen MR) is 116 cm³/mol. The molecule has 0 saturated heterocycles. The van der Waals surface area contributed by atoms with Crippen LogP contribution in [0.15, 0.2) is 24.4 Å². The zero-order chi connectivity index (χ0) is 21.0. The third-order valence-electron chi connectivity index (χ3n) is 4.84. The number of methoxy groups -OCH3 is 1. The van der Waals surface area contributed by atoms with Gasteiger partial charge in [0.25, 0.3) is 0 Å². The highest BCUT2D eigenvalue weighted by atomic mass is 16.5. The molecule has 28 heavy (non-hydrogen) atoms. The molecule has 3 aromatic heterocycles. The predicted octanol–water partition coefficient (Wildman–Crippen LogP) is 5.43. The summed E-state index contributed by atoms with van der Waals surface area (Å²) in [7, 11) is 1.65. The van der Waals surface area contributed by atoms with E-state index in [0.29, 0.717) is 11.8 Å². The summed E-state index contributed by atoms with van der Waals surface area (Å²) in [6, 6.07) is 6.23. The summed E-state index contributed by atoms with van der Waals surface area (Å²) >= 11 is 0. The van der Waals surface area contributed by atoms with E-state index >= 15 is 0 Å². The monoisotopic (exact) mass is 383 g/mol. The smallest absolute Gasteiger partial charge is 0.222 e. The Kier molecular flexibility index (Phi) is 7.19. The van der Waals surface area contributed by atoms with Crippen LogP contribution in [0.1, 0.15) is 63.4 Å². The fourth-order valence-electron chi connectivity index (χ4n) is 3.26. The van der Waals surface area contributed by atoms with Crippen molar-refractivity contribution in [2.75, 3.05) is 13.7 Å². The van der Waals surface area contributed by atoms with Gasteiger partial charge in [-0.1, -0.05) is 27.7 Å². The number of aryl methyl sites for hydroxylation is 2. The molecule has 5 heteroatoms. The number of pyridine rings is 2. The van der Waals surface area contributed by atoms with E-state index in [1.165, 1.54) is 0 Å². The summed E-state index contributed by atoms with van der Waals surface area (Å²) in [5.74, 6) is 0.942. The number of nitrogens with zero attached hydrogens (tertiary/aromatic N) is 3. The molecule has 0 aliphatic carbocycles. The summed E-state index contributed by atoms with van der Waals surface area (Å²) in [6.45, 7) is 14.4. The molecular weight excluding hydrogens is 350 g/mol. The van der Waals surface area contributed by atoms with Gasteiger partial charge in [0, 0.05) is 11.9 Å². The van der Waals surface area contributed by atoms with Gasteiger partial charge in [-0.3, -0.25) is 0 Å². The van der Waals surface area contributed by atoms with Crippen LogP contribution in [0.2, 0.25) is 0 Å². The van der Waals surface area contributed by atoms with Crippen molar-refractivity contribution < 1.29 is 9.84 Å². The lowest BCUT2D eigenvalue weighted by atomic mass is 10.0. The van der Waals surface area contributed by atoms with Crippen molar-refractivity contribution in [3.8, 4) is 17.1 Å². The zero-order valence-corrected chi connectivity index (χ0v) is 18.4. The van der Waals surface area contributed by atoms with Crippen LogP contribution in [0.5, 0.6) is 5.88 Å². The van der Waals surface area contributed by atoms with Gasteiger partial charge in [-0.15, -0.1) is 0 Å². The van der Waals surface area contributed by atoms with Crippen molar-refractivity contribution in [2.45, 2.75) is 60.4 Å². The first-order valence-corrected chi connectivity index (χ1v) is 10.0. The Morgan fingerprint density at radius 2 is 1.75 bits per heavy atom. The highest BCUT2D eigenvalue weighted by molar-refractivity contribution is 5.85. The van der Waals surface area contributed by atoms with E-state index in [1.54, 1.807) is 7.11 Å². The van der Waals surface area contributed by atoms with E-state index < -0.39 is 0 Å². The highest BCUT2D eigenvalue weighted by Gasteiger charge is 2.18. The SMILES string of the molecule is CC.COc1nc(C(C)C)ccc1-c1nc2c(C)cn(C(C)CO)c2cc1C. The fraction of sp³-hybridized carbons (Fsp3) is 0.478. The average Bonchev–Trinajstić information content (AvgIpc) is 3.03. The Labute approximate surface area is 168 Å². The van der Waals surface area contributed by atoms with E-state index in [0.717, 1.165) is 39.1 Å². The second-order valence-electron chi connectivity index (χ2n) is 7.22. The van der Waals surface area contributed by atoms with Crippen LogP contribution in [0, 0.1) is 13.8 Å². The largest absolute Gasteiger partial charge is 0.480 e. The van der Waals surface area contributed by atoms with Crippen molar-refractivity contribution in [3.05, 3.63) is 41.2 Å². The molecule has 0 fully saturated rings. The van der Waals surface area contributed by atoms with Gasteiger partial charge < -0.3 is 14.4 Å². The van der Waals surface area contributed by atoms with Crippen molar-refractivity contribution >= 4 is 11.0 Å². The average molecular weight is 384 g/mol. The maximum atomic E-state index is 9.53. The van der Waals surface area contributed by atoms with Gasteiger partial charge in [0.1, 0.15) is 0 Å². The zero-order valence-electron chi connectivity index (χ0n) is 18.4. The standard InChI is InChI=1S/C21H27N3O2.C2H6/c1-12(2)17-8-7-16(21(22-17)26-6)19-13(3)9-18-20(23-19)14(4)10-24(18)15(5)11-25;1-2/h7-10,12,15,25H,11H2,1-6H3;1-2H3. The van der Waals surface area contributed by atoms with E-state index in [2.05, 4.69) is 35.7 Å². The van der Waals surface area contributed by atoms with Gasteiger partial charge in [-0.05, 0) is 56.0 Å². The van der Waals surface area contributed by atoms with Crippen LogP contribution < -0.4 is 4.74 Å². The quantitative estimate of drug-likeness (QED) is 0.638. The molecule has 0 saturated carbocycles. The van der Waals surface area contributed by atoms with Crippen LogP contribution in [0.25, 0.3) is 22.3 Å². The third-order valence-corrected chi connectivity index (χ3v) is 4.84. The molecule has 0 spiro atoms. The summed E-state index contributed by atoms with van der Waals surface area (Å²) < 4.78 is 7.65. The molecule has 1 unspecified atom stereocenters. The summed E-state index contributed by atoms with van der Waals surface area (Å²) in [6.07, 6.45) is 2.05. The van der Waals surface area contributed by atoms with Crippen LogP contribution in [0.4, 0.5) is 0 Å². The minimum Gasteiger partial charge on any atom is -0.480 e. The van der Waals surface area contributed by atoms with Crippen LogP contribution in [0.3, 0.4) is 0 Å². The molecular formula is C23H33N3O2. The lowest BCUT2D eigenvalue weighted by Crippen LogP contribution is -2.08. The summed E-state index contributed by atoms with van der Waals surface area (Å²) in [5, 5.41) is 9.53. The normalized spacial score (nSPS) is 12.1. The number of aromatic nitrogens is 3. The third kappa shape index (κ3) is 4.04. The molecule has 0 aromatic carbocycles. The Bertz CT molecular complexity index is 945. The first-order valence-electron chi connectivity index (χ1n) is 10.0. The van der Waals surface area contributed by atoms with Gasteiger partial charge in [0.2, 0.25) is 5.88 Å². The lowest BCUT2D eigenvalue weighted by Gasteiger charge is -2.15. The van der Waals surface area contributed by atoms with Crippen molar-refractivity contribution in [1.82, 2.24) is 14.5 Å². The van der Waals surface area contributed by atoms with E-state index in [-0.39, 0.29) is 12.6 Å². The van der Waals surface area contributed by atoms with Crippen LogP contribution in [-0.4, -0.2) is 33.4 Å². The molecule has 5 nitrogen and oxygen atoms in total. The Hall–Kier alpha value is -2.40. The highest BCUT2D eigenvalue weighted by Crippen LogP contribution is 2.34.